The molecule has 0 spiro atoms. The van der Waals surface area contributed by atoms with Gasteiger partial charge in [-0.15, -0.1) is 12.4 Å². The van der Waals surface area contributed by atoms with Crippen LogP contribution in [0.25, 0.3) is 0 Å². The molecule has 1 amide bonds. The number of ether oxygens (including phenoxy) is 1. The molecule has 1 fully saturated rings. The Balaban J connectivity index is 0.00000242. The second kappa shape index (κ2) is 8.12. The third kappa shape index (κ3) is 4.43. The van der Waals surface area contributed by atoms with E-state index in [9.17, 15) is 14.7 Å². The summed E-state index contributed by atoms with van der Waals surface area (Å²) >= 11 is 0. The van der Waals surface area contributed by atoms with Crippen LogP contribution >= 0.6 is 12.4 Å². The minimum atomic E-state index is -1.02. The van der Waals surface area contributed by atoms with Gasteiger partial charge < -0.3 is 20.5 Å². The number of carbonyl (C=O) groups excluding carboxylic acids is 1. The number of likely N-dealkylation sites (tertiary alicyclic amines) is 1. The number of halogens is 1. The molecule has 1 aliphatic heterocycles. The first kappa shape index (κ1) is 18.4. The van der Waals surface area contributed by atoms with Gasteiger partial charge in [-0.3, -0.25) is 4.79 Å². The van der Waals surface area contributed by atoms with Crippen LogP contribution < -0.4 is 5.73 Å². The first-order valence-corrected chi connectivity index (χ1v) is 6.93. The summed E-state index contributed by atoms with van der Waals surface area (Å²) < 4.78 is 5.73. The number of hydrogen-bond donors (Lipinski definition) is 2. The summed E-state index contributed by atoms with van der Waals surface area (Å²) in [4.78, 5) is 24.5. The molecule has 6 nitrogen and oxygen atoms in total. The number of benzene rings is 1. The maximum Gasteiger partial charge on any atom is 0.326 e. The Morgan fingerprint density at radius 1 is 1.41 bits per heavy atom. The largest absolute Gasteiger partial charge is 0.480 e. The molecule has 1 aromatic rings. The van der Waals surface area contributed by atoms with Crippen molar-refractivity contribution in [2.45, 2.75) is 38.1 Å². The van der Waals surface area contributed by atoms with Crippen LogP contribution in [0.5, 0.6) is 0 Å². The predicted octanol–water partition coefficient (Wildman–Crippen LogP) is 1.03. The molecule has 22 heavy (non-hydrogen) atoms. The van der Waals surface area contributed by atoms with Gasteiger partial charge in [0.2, 0.25) is 5.91 Å². The van der Waals surface area contributed by atoms with Gasteiger partial charge in [0.25, 0.3) is 0 Å². The third-order valence-electron chi connectivity index (χ3n) is 3.55. The summed E-state index contributed by atoms with van der Waals surface area (Å²) in [6, 6.07) is 8.06. The highest BCUT2D eigenvalue weighted by atomic mass is 35.5. The van der Waals surface area contributed by atoms with Gasteiger partial charge in [0.15, 0.2) is 0 Å². The summed E-state index contributed by atoms with van der Waals surface area (Å²) in [5, 5.41) is 9.23. The Hall–Kier alpha value is -1.63. The van der Waals surface area contributed by atoms with E-state index in [1.807, 2.05) is 30.3 Å². The zero-order chi connectivity index (χ0) is 15.4. The Morgan fingerprint density at radius 2 is 2.05 bits per heavy atom. The molecule has 0 saturated carbocycles. The molecule has 1 heterocycles. The Kier molecular flexibility index (Phi) is 6.80. The molecule has 7 heteroatoms. The van der Waals surface area contributed by atoms with Crippen LogP contribution in [0.3, 0.4) is 0 Å². The second-order valence-corrected chi connectivity index (χ2v) is 5.29. The van der Waals surface area contributed by atoms with Crippen molar-refractivity contribution in [3.63, 3.8) is 0 Å². The zero-order valence-electron chi connectivity index (χ0n) is 12.3. The van der Waals surface area contributed by atoms with Crippen LogP contribution in [0, 0.1) is 0 Å². The van der Waals surface area contributed by atoms with Gasteiger partial charge in [0.05, 0.1) is 18.8 Å². The Bertz CT molecular complexity index is 510. The lowest BCUT2D eigenvalue weighted by molar-refractivity contribution is -0.148. The van der Waals surface area contributed by atoms with Crippen molar-refractivity contribution in [2.24, 2.45) is 5.73 Å². The van der Waals surface area contributed by atoms with E-state index in [0.29, 0.717) is 13.0 Å². The number of carbonyl (C=O) groups is 2. The number of nitrogens with zero attached hydrogens (tertiary/aromatic N) is 1. The molecule has 0 bridgehead atoms. The molecular formula is C15H21ClN2O4. The molecule has 122 valence electrons. The van der Waals surface area contributed by atoms with Crippen molar-refractivity contribution < 1.29 is 19.4 Å². The van der Waals surface area contributed by atoms with Crippen LogP contribution in [0.4, 0.5) is 0 Å². The van der Waals surface area contributed by atoms with E-state index in [1.54, 1.807) is 6.92 Å². The predicted molar refractivity (Wildman–Crippen MR) is 83.7 cm³/mol. The standard InChI is InChI=1S/C15H20N2O4.ClH/c1-10(16)14(18)17-8-12(7-13(17)15(19)20)21-9-11-5-3-2-4-6-11;/h2-6,10,12-13H,7-9,16H2,1H3,(H,19,20);1H/t10-,12-,13-;/m0./s1. The van der Waals surface area contributed by atoms with Crippen molar-refractivity contribution in [1.82, 2.24) is 4.90 Å². The van der Waals surface area contributed by atoms with Crippen LogP contribution in [0.1, 0.15) is 18.9 Å². The van der Waals surface area contributed by atoms with Gasteiger partial charge in [-0.1, -0.05) is 30.3 Å². The Labute approximate surface area is 135 Å². The number of carboxylic acids is 1. The highest BCUT2D eigenvalue weighted by Crippen LogP contribution is 2.22. The van der Waals surface area contributed by atoms with Crippen LogP contribution in [-0.4, -0.2) is 46.6 Å². The molecule has 0 radical (unpaired) electrons. The number of nitrogens with two attached hydrogens (primary N) is 1. The van der Waals surface area contributed by atoms with Crippen molar-refractivity contribution in [2.75, 3.05) is 6.54 Å². The van der Waals surface area contributed by atoms with E-state index in [0.717, 1.165) is 5.56 Å². The van der Waals surface area contributed by atoms with E-state index in [1.165, 1.54) is 4.90 Å². The minimum Gasteiger partial charge on any atom is -0.480 e. The molecule has 1 aliphatic rings. The van der Waals surface area contributed by atoms with E-state index in [-0.39, 0.29) is 31.0 Å². The maximum atomic E-state index is 12.0. The molecule has 0 aromatic heterocycles. The third-order valence-corrected chi connectivity index (χ3v) is 3.55. The molecule has 1 aromatic carbocycles. The molecular weight excluding hydrogens is 308 g/mol. The zero-order valence-corrected chi connectivity index (χ0v) is 13.2. The Morgan fingerprint density at radius 3 is 2.59 bits per heavy atom. The average Bonchev–Trinajstić information content (AvgIpc) is 2.89. The number of hydrogen-bond acceptors (Lipinski definition) is 4. The molecule has 0 unspecified atom stereocenters. The van der Waals surface area contributed by atoms with Gasteiger partial charge in [-0.25, -0.2) is 4.79 Å². The lowest BCUT2D eigenvalue weighted by Crippen LogP contribution is -2.47. The van der Waals surface area contributed by atoms with Crippen molar-refractivity contribution >= 4 is 24.3 Å². The maximum absolute atomic E-state index is 12.0. The summed E-state index contributed by atoms with van der Waals surface area (Å²) in [5.74, 6) is -1.37. The summed E-state index contributed by atoms with van der Waals surface area (Å²) in [7, 11) is 0. The normalized spacial score (nSPS) is 22.0. The molecule has 3 atom stereocenters. The molecule has 3 N–H and O–H groups in total. The fraction of sp³-hybridized carbons (Fsp3) is 0.467. The first-order valence-electron chi connectivity index (χ1n) is 6.93. The fourth-order valence-corrected chi connectivity index (χ4v) is 2.45. The summed E-state index contributed by atoms with van der Waals surface area (Å²) in [5.41, 5.74) is 6.58. The number of carboxylic acid groups (broad SMARTS) is 1. The van der Waals surface area contributed by atoms with E-state index in [2.05, 4.69) is 0 Å². The molecule has 0 aliphatic carbocycles. The lowest BCUT2D eigenvalue weighted by atomic mass is 10.2. The quantitative estimate of drug-likeness (QED) is 0.842. The smallest absolute Gasteiger partial charge is 0.326 e. The summed E-state index contributed by atoms with van der Waals surface area (Å²) in [6.45, 7) is 2.22. The lowest BCUT2D eigenvalue weighted by Gasteiger charge is -2.23. The highest BCUT2D eigenvalue weighted by Gasteiger charge is 2.40. The van der Waals surface area contributed by atoms with Crippen molar-refractivity contribution in [1.29, 1.82) is 0 Å². The van der Waals surface area contributed by atoms with Crippen molar-refractivity contribution in [3.8, 4) is 0 Å². The summed E-state index contributed by atoms with van der Waals surface area (Å²) in [6.07, 6.45) is 0.00896. The van der Waals surface area contributed by atoms with E-state index < -0.39 is 18.1 Å². The highest BCUT2D eigenvalue weighted by molar-refractivity contribution is 5.87. The SMILES string of the molecule is C[C@H](N)C(=O)N1C[C@@H](OCc2ccccc2)C[C@H]1C(=O)O.Cl. The van der Waals surface area contributed by atoms with Gasteiger partial charge in [0, 0.05) is 13.0 Å². The van der Waals surface area contributed by atoms with Crippen molar-refractivity contribution in [3.05, 3.63) is 35.9 Å². The fourth-order valence-electron chi connectivity index (χ4n) is 2.45. The first-order chi connectivity index (χ1) is 9.99. The van der Waals surface area contributed by atoms with Crippen LogP contribution in [-0.2, 0) is 20.9 Å². The van der Waals surface area contributed by atoms with Gasteiger partial charge in [-0.05, 0) is 12.5 Å². The molecule has 1 saturated heterocycles. The van der Waals surface area contributed by atoms with Gasteiger partial charge >= 0.3 is 5.97 Å². The van der Waals surface area contributed by atoms with Gasteiger partial charge in [-0.2, -0.15) is 0 Å². The number of aliphatic carboxylic acids is 1. The van der Waals surface area contributed by atoms with Crippen LogP contribution in [0.15, 0.2) is 30.3 Å². The topological polar surface area (TPSA) is 92.9 Å². The second-order valence-electron chi connectivity index (χ2n) is 5.29. The number of amides is 1. The minimum absolute atomic E-state index is 0. The average molecular weight is 329 g/mol. The monoisotopic (exact) mass is 328 g/mol. The molecule has 2 rings (SSSR count). The van der Waals surface area contributed by atoms with Gasteiger partial charge in [0.1, 0.15) is 6.04 Å². The van der Waals surface area contributed by atoms with E-state index in [4.69, 9.17) is 10.5 Å². The number of rotatable bonds is 5. The van der Waals surface area contributed by atoms with Crippen LogP contribution in [0.2, 0.25) is 0 Å². The van der Waals surface area contributed by atoms with E-state index >= 15 is 0 Å².